The van der Waals surface area contributed by atoms with Gasteiger partial charge in [0.05, 0.1) is 22.8 Å². The van der Waals surface area contributed by atoms with E-state index in [9.17, 15) is 26.4 Å². The third-order valence-electron chi connectivity index (χ3n) is 6.94. The fourth-order valence-electron chi connectivity index (χ4n) is 4.73. The van der Waals surface area contributed by atoms with E-state index in [0.29, 0.717) is 37.2 Å². The van der Waals surface area contributed by atoms with E-state index in [4.69, 9.17) is 10.5 Å². The lowest BCUT2D eigenvalue weighted by atomic mass is 10.1. The van der Waals surface area contributed by atoms with E-state index >= 15 is 0 Å². The number of hydrogen-bond acceptors (Lipinski definition) is 6. The van der Waals surface area contributed by atoms with Gasteiger partial charge in [0.2, 0.25) is 0 Å². The average Bonchev–Trinajstić information content (AvgIpc) is 3.34. The van der Waals surface area contributed by atoms with Gasteiger partial charge in [0.25, 0.3) is 5.91 Å². The minimum atomic E-state index is -4.40. The molecule has 0 aliphatic carbocycles. The Morgan fingerprint density at radius 1 is 1.02 bits per heavy atom. The molecule has 3 aromatic rings. The van der Waals surface area contributed by atoms with Crippen molar-refractivity contribution in [3.63, 3.8) is 0 Å². The van der Waals surface area contributed by atoms with Gasteiger partial charge in [-0.05, 0) is 79.2 Å². The van der Waals surface area contributed by atoms with Crippen molar-refractivity contribution in [2.24, 2.45) is 5.73 Å². The number of hydrogen-bond donors (Lipinski definition) is 2. The van der Waals surface area contributed by atoms with Crippen LogP contribution in [0.25, 0.3) is 0 Å². The average molecular weight is 576 g/mol. The van der Waals surface area contributed by atoms with E-state index in [1.54, 1.807) is 31.2 Å². The van der Waals surface area contributed by atoms with E-state index in [2.05, 4.69) is 10.2 Å². The minimum absolute atomic E-state index is 0.0241. The molecule has 0 bridgehead atoms. The second-order valence-corrected chi connectivity index (χ2v) is 11.9. The monoisotopic (exact) mass is 575 g/mol. The van der Waals surface area contributed by atoms with E-state index in [1.165, 1.54) is 24.3 Å². The summed E-state index contributed by atoms with van der Waals surface area (Å²) in [5.74, 6) is 0.135. The highest BCUT2D eigenvalue weighted by molar-refractivity contribution is 7.91. The van der Waals surface area contributed by atoms with Gasteiger partial charge in [-0.1, -0.05) is 19.1 Å². The summed E-state index contributed by atoms with van der Waals surface area (Å²) in [6.45, 7) is 2.84. The summed E-state index contributed by atoms with van der Waals surface area (Å²) in [7, 11) is -3.28. The van der Waals surface area contributed by atoms with Crippen LogP contribution in [0.3, 0.4) is 0 Å². The first kappa shape index (κ1) is 29.4. The summed E-state index contributed by atoms with van der Waals surface area (Å²) in [5, 5.41) is 2.84. The Morgan fingerprint density at radius 2 is 1.68 bits per heavy atom. The summed E-state index contributed by atoms with van der Waals surface area (Å²) in [6.07, 6.45) is -3.25. The van der Waals surface area contributed by atoms with Crippen molar-refractivity contribution in [1.82, 2.24) is 5.32 Å². The number of nitrogens with zero attached hydrogens (tertiary/aromatic N) is 1. The number of ether oxygens (including phenoxy) is 1. The highest BCUT2D eigenvalue weighted by Crippen LogP contribution is 2.33. The van der Waals surface area contributed by atoms with Crippen LogP contribution in [-0.4, -0.2) is 45.3 Å². The standard InChI is InChI=1S/C29H32F3N3O4S/c1-2-40(37,38)27-13-3-20(4-14-27)18-34-28(36)21-5-9-23(10-6-21)35-19-26(17-24(35)15-16-33)39-25-11-7-22(8-12-25)29(30,31)32/h3-14,24,26H,2,15-19,33H2,1H3,(H,34,36)/t24-,26-/m1/s1. The van der Waals surface area contributed by atoms with Gasteiger partial charge in [0.15, 0.2) is 9.84 Å². The molecule has 0 spiro atoms. The molecule has 214 valence electrons. The molecule has 11 heteroatoms. The quantitative estimate of drug-likeness (QED) is 0.360. The van der Waals surface area contributed by atoms with Crippen molar-refractivity contribution in [1.29, 1.82) is 0 Å². The van der Waals surface area contributed by atoms with Crippen LogP contribution >= 0.6 is 0 Å². The molecule has 1 amide bonds. The Bertz CT molecular complexity index is 1390. The van der Waals surface area contributed by atoms with Crippen LogP contribution in [0.4, 0.5) is 18.9 Å². The van der Waals surface area contributed by atoms with Crippen molar-refractivity contribution >= 4 is 21.4 Å². The number of nitrogens with two attached hydrogens (primary N) is 1. The third kappa shape index (κ3) is 7.14. The number of anilines is 1. The molecule has 1 aliphatic rings. The van der Waals surface area contributed by atoms with Gasteiger partial charge in [0.1, 0.15) is 11.9 Å². The van der Waals surface area contributed by atoms with Crippen LogP contribution in [-0.2, 0) is 22.6 Å². The molecule has 0 aromatic heterocycles. The smallest absolute Gasteiger partial charge is 0.416 e. The molecule has 3 aromatic carbocycles. The van der Waals surface area contributed by atoms with Crippen molar-refractivity contribution in [2.45, 2.75) is 49.5 Å². The van der Waals surface area contributed by atoms with Gasteiger partial charge >= 0.3 is 6.18 Å². The van der Waals surface area contributed by atoms with Crippen LogP contribution in [0, 0.1) is 0 Å². The lowest BCUT2D eigenvalue weighted by molar-refractivity contribution is -0.137. The van der Waals surface area contributed by atoms with Crippen molar-refractivity contribution in [2.75, 3.05) is 23.7 Å². The zero-order chi connectivity index (χ0) is 28.9. The third-order valence-corrected chi connectivity index (χ3v) is 8.69. The first-order valence-electron chi connectivity index (χ1n) is 13.0. The molecule has 1 aliphatic heterocycles. The molecule has 1 fully saturated rings. The molecule has 40 heavy (non-hydrogen) atoms. The largest absolute Gasteiger partial charge is 0.489 e. The molecule has 1 heterocycles. The minimum Gasteiger partial charge on any atom is -0.489 e. The number of carbonyl (C=O) groups is 1. The molecule has 7 nitrogen and oxygen atoms in total. The van der Waals surface area contributed by atoms with Crippen molar-refractivity contribution in [3.05, 3.63) is 89.5 Å². The Hall–Kier alpha value is -3.57. The van der Waals surface area contributed by atoms with Crippen molar-refractivity contribution < 1.29 is 31.1 Å². The molecule has 0 saturated carbocycles. The maximum atomic E-state index is 12.9. The summed E-state index contributed by atoms with van der Waals surface area (Å²) in [5.41, 5.74) is 7.25. The number of sulfone groups is 1. The van der Waals surface area contributed by atoms with Crippen LogP contribution in [0.1, 0.15) is 41.3 Å². The fourth-order valence-corrected chi connectivity index (χ4v) is 5.61. The summed E-state index contributed by atoms with van der Waals surface area (Å²) >= 11 is 0. The maximum Gasteiger partial charge on any atom is 0.416 e. The zero-order valence-corrected chi connectivity index (χ0v) is 22.8. The second-order valence-electron chi connectivity index (χ2n) is 9.66. The van der Waals surface area contributed by atoms with E-state index in [0.717, 1.165) is 23.4 Å². The van der Waals surface area contributed by atoms with Gasteiger partial charge < -0.3 is 20.7 Å². The molecule has 0 unspecified atom stereocenters. The number of carbonyl (C=O) groups excluding carboxylic acids is 1. The van der Waals surface area contributed by atoms with Crippen LogP contribution < -0.4 is 20.7 Å². The van der Waals surface area contributed by atoms with Gasteiger partial charge in [-0.2, -0.15) is 13.2 Å². The molecule has 4 rings (SSSR count). The Labute approximate surface area is 232 Å². The van der Waals surface area contributed by atoms with Crippen LogP contribution in [0.2, 0.25) is 0 Å². The number of alkyl halides is 3. The molecule has 1 saturated heterocycles. The lowest BCUT2D eigenvalue weighted by Gasteiger charge is -2.26. The fraction of sp³-hybridized carbons (Fsp3) is 0.345. The summed E-state index contributed by atoms with van der Waals surface area (Å²) in [4.78, 5) is 15.1. The molecular weight excluding hydrogens is 543 g/mol. The van der Waals surface area contributed by atoms with E-state index < -0.39 is 21.6 Å². The van der Waals surface area contributed by atoms with Crippen LogP contribution in [0.15, 0.2) is 77.7 Å². The zero-order valence-electron chi connectivity index (χ0n) is 22.0. The first-order chi connectivity index (χ1) is 19.0. The van der Waals surface area contributed by atoms with Gasteiger partial charge in [-0.3, -0.25) is 4.79 Å². The first-order valence-corrected chi connectivity index (χ1v) is 14.7. The van der Waals surface area contributed by atoms with Crippen molar-refractivity contribution in [3.8, 4) is 5.75 Å². The van der Waals surface area contributed by atoms with E-state index in [-0.39, 0.29) is 35.2 Å². The molecule has 2 atom stereocenters. The summed E-state index contributed by atoms with van der Waals surface area (Å²) < 4.78 is 68.5. The topological polar surface area (TPSA) is 102 Å². The molecule has 0 radical (unpaired) electrons. The highest BCUT2D eigenvalue weighted by Gasteiger charge is 2.34. The normalized spacial score (nSPS) is 17.6. The van der Waals surface area contributed by atoms with Gasteiger partial charge in [-0.15, -0.1) is 0 Å². The number of halogens is 3. The molecular formula is C29H32F3N3O4S. The Morgan fingerprint density at radius 3 is 2.25 bits per heavy atom. The second kappa shape index (κ2) is 12.3. The van der Waals surface area contributed by atoms with Gasteiger partial charge in [-0.25, -0.2) is 8.42 Å². The molecule has 3 N–H and O–H groups in total. The maximum absolute atomic E-state index is 12.9. The van der Waals surface area contributed by atoms with E-state index in [1.807, 2.05) is 12.1 Å². The highest BCUT2D eigenvalue weighted by atomic mass is 32.2. The SMILES string of the molecule is CCS(=O)(=O)c1ccc(CNC(=O)c2ccc(N3C[C@H](Oc4ccc(C(F)(F)F)cc4)C[C@H]3CCN)cc2)cc1. The number of rotatable bonds is 10. The van der Waals surface area contributed by atoms with Crippen LogP contribution in [0.5, 0.6) is 5.75 Å². The summed E-state index contributed by atoms with van der Waals surface area (Å²) in [6, 6.07) is 18.4. The Balaban J connectivity index is 1.36. The predicted molar refractivity (Wildman–Crippen MR) is 147 cm³/mol. The van der Waals surface area contributed by atoms with Gasteiger partial charge in [0, 0.05) is 30.3 Å². The number of nitrogens with one attached hydrogen (secondary N) is 1. The Kier molecular flexibility index (Phi) is 9.05. The number of amides is 1. The number of benzene rings is 3. The lowest BCUT2D eigenvalue weighted by Crippen LogP contribution is -2.31. The predicted octanol–water partition coefficient (Wildman–Crippen LogP) is 4.80.